The maximum atomic E-state index is 14.4. The van der Waals surface area contributed by atoms with Crippen LogP contribution in [-0.4, -0.2) is 53.0 Å². The van der Waals surface area contributed by atoms with E-state index in [1.54, 1.807) is 41.6 Å². The molecule has 0 bridgehead atoms. The summed E-state index contributed by atoms with van der Waals surface area (Å²) in [5, 5.41) is 10.2. The second-order valence-corrected chi connectivity index (χ2v) is 7.75. The van der Waals surface area contributed by atoms with Gasteiger partial charge in [0, 0.05) is 44.4 Å². The number of benzene rings is 1. The second-order valence-electron chi connectivity index (χ2n) is 7.75. The number of ether oxygens (including phenoxy) is 2. The summed E-state index contributed by atoms with van der Waals surface area (Å²) >= 11 is 0. The highest BCUT2D eigenvalue weighted by Gasteiger charge is 2.48. The molecule has 1 spiro atoms. The molecule has 32 heavy (non-hydrogen) atoms. The number of nitrogens with zero attached hydrogens (tertiary/aromatic N) is 5. The molecule has 5 rings (SSSR count). The first-order valence-corrected chi connectivity index (χ1v) is 10.0. The number of amidine groups is 1. The Kier molecular flexibility index (Phi) is 4.73. The van der Waals surface area contributed by atoms with Crippen LogP contribution in [0.1, 0.15) is 17.5 Å². The van der Waals surface area contributed by atoms with Gasteiger partial charge in [-0.2, -0.15) is 9.38 Å². The Hall–Kier alpha value is -4.01. The van der Waals surface area contributed by atoms with Crippen molar-refractivity contribution in [1.82, 2.24) is 14.9 Å². The first-order chi connectivity index (χ1) is 15.5. The van der Waals surface area contributed by atoms with Crippen LogP contribution in [0.3, 0.4) is 0 Å². The van der Waals surface area contributed by atoms with Crippen LogP contribution in [0.15, 0.2) is 58.8 Å². The molecule has 1 N–H and O–H groups in total. The van der Waals surface area contributed by atoms with Gasteiger partial charge in [0.25, 0.3) is 0 Å². The van der Waals surface area contributed by atoms with Crippen LogP contribution in [0.4, 0.5) is 4.39 Å². The lowest BCUT2D eigenvalue weighted by atomic mass is 9.80. The van der Waals surface area contributed by atoms with Crippen LogP contribution in [-0.2, 0) is 10.3 Å². The third-order valence-electron chi connectivity index (χ3n) is 5.34. The molecular formula is C23H20FN5O3. The smallest absolute Gasteiger partial charge is 0.314 e. The van der Waals surface area contributed by atoms with E-state index in [1.165, 1.54) is 12.4 Å². The highest BCUT2D eigenvalue weighted by atomic mass is 19.1. The average molecular weight is 433 g/mol. The fraction of sp³-hybridized carbons (Fsp3) is 0.217. The van der Waals surface area contributed by atoms with E-state index >= 15 is 0 Å². The molecule has 4 heterocycles. The number of rotatable bonds is 2. The molecule has 2 aliphatic rings. The molecule has 8 nitrogen and oxygen atoms in total. The van der Waals surface area contributed by atoms with E-state index in [-0.39, 0.29) is 11.8 Å². The van der Waals surface area contributed by atoms with Crippen LogP contribution in [0.2, 0.25) is 0 Å². The van der Waals surface area contributed by atoms with Crippen molar-refractivity contribution in [3.05, 3.63) is 65.9 Å². The quantitative estimate of drug-likeness (QED) is 0.376. The summed E-state index contributed by atoms with van der Waals surface area (Å²) in [7, 11) is 3.69. The molecular weight excluding hydrogens is 413 g/mol. The lowest BCUT2D eigenvalue weighted by Gasteiger charge is -2.40. The molecule has 0 saturated carbocycles. The van der Waals surface area contributed by atoms with E-state index in [0.29, 0.717) is 46.8 Å². The number of halogens is 1. The van der Waals surface area contributed by atoms with Crippen molar-refractivity contribution in [2.75, 3.05) is 20.6 Å². The topological polar surface area (TPSA) is 92.4 Å². The molecule has 0 unspecified atom stereocenters. The third kappa shape index (κ3) is 3.31. The predicted molar refractivity (Wildman–Crippen MR) is 117 cm³/mol. The highest BCUT2D eigenvalue weighted by Crippen LogP contribution is 2.52. The van der Waals surface area contributed by atoms with Crippen molar-refractivity contribution in [2.45, 2.75) is 12.0 Å². The molecule has 3 aromatic rings. The van der Waals surface area contributed by atoms with Crippen molar-refractivity contribution in [1.29, 1.82) is 0 Å². The van der Waals surface area contributed by atoms with Gasteiger partial charge < -0.3 is 19.5 Å². The van der Waals surface area contributed by atoms with Crippen molar-refractivity contribution in [3.63, 3.8) is 0 Å². The fourth-order valence-electron chi connectivity index (χ4n) is 3.92. The standard InChI is InChI=1S/C23H20FN5O3/c1-29(2)13-28-22-26-9-7-23(32-22)17-10-14(16-4-3-8-25-20(16)24)5-6-19(17)31-21-18(23)11-15(30)12-27-21/h3-6,8,10-13,30H,7,9H2,1-2H3/t23-/m1/s1. The zero-order chi connectivity index (χ0) is 22.3. The molecule has 2 aromatic heterocycles. The summed E-state index contributed by atoms with van der Waals surface area (Å²) in [6, 6.07) is 10.5. The fourth-order valence-corrected chi connectivity index (χ4v) is 3.92. The molecule has 2 aliphatic heterocycles. The van der Waals surface area contributed by atoms with E-state index in [9.17, 15) is 9.50 Å². The van der Waals surface area contributed by atoms with Gasteiger partial charge in [0.1, 0.15) is 11.5 Å². The summed E-state index contributed by atoms with van der Waals surface area (Å²) in [6.07, 6.45) is 4.78. The molecule has 1 aromatic carbocycles. The second kappa shape index (κ2) is 7.60. The van der Waals surface area contributed by atoms with Crippen LogP contribution in [0.25, 0.3) is 11.1 Å². The van der Waals surface area contributed by atoms with Gasteiger partial charge in [-0.05, 0) is 35.9 Å². The number of aromatic nitrogens is 2. The molecule has 162 valence electrons. The number of aliphatic imine (C=N–C) groups is 2. The Balaban J connectivity index is 1.69. The van der Waals surface area contributed by atoms with Crippen molar-refractivity contribution in [3.8, 4) is 28.5 Å². The Bertz CT molecular complexity index is 1260. The molecule has 0 aliphatic carbocycles. The molecule has 9 heteroatoms. The van der Waals surface area contributed by atoms with Gasteiger partial charge in [0.2, 0.25) is 11.8 Å². The van der Waals surface area contributed by atoms with Crippen LogP contribution in [0.5, 0.6) is 17.4 Å². The van der Waals surface area contributed by atoms with E-state index in [1.807, 2.05) is 20.2 Å². The number of hydrogen-bond acceptors (Lipinski definition) is 7. The number of pyridine rings is 2. The molecule has 0 radical (unpaired) electrons. The first kappa shape index (κ1) is 19.9. The van der Waals surface area contributed by atoms with E-state index in [4.69, 9.17) is 9.47 Å². The summed E-state index contributed by atoms with van der Waals surface area (Å²) in [6.45, 7) is 0.431. The molecule has 0 fully saturated rings. The number of hydrogen-bond donors (Lipinski definition) is 1. The minimum atomic E-state index is -1.07. The summed E-state index contributed by atoms with van der Waals surface area (Å²) < 4.78 is 26.8. The Morgan fingerprint density at radius 2 is 2.06 bits per heavy atom. The van der Waals surface area contributed by atoms with Gasteiger partial charge in [-0.15, -0.1) is 0 Å². The van der Waals surface area contributed by atoms with Gasteiger partial charge in [0.05, 0.1) is 18.1 Å². The minimum Gasteiger partial charge on any atom is -0.506 e. The Morgan fingerprint density at radius 1 is 1.19 bits per heavy atom. The van der Waals surface area contributed by atoms with E-state index in [0.717, 1.165) is 0 Å². The lowest BCUT2D eigenvalue weighted by Crippen LogP contribution is -2.40. The van der Waals surface area contributed by atoms with Crippen LogP contribution >= 0.6 is 0 Å². The summed E-state index contributed by atoms with van der Waals surface area (Å²) in [4.78, 5) is 18.5. The SMILES string of the molecule is CN(C)C=NC1=NCC[C@@]2(O1)c1cc(-c3cccnc3F)ccc1Oc1ncc(O)cc12. The number of fused-ring (bicyclic) bond motifs is 4. The van der Waals surface area contributed by atoms with E-state index < -0.39 is 11.5 Å². The Morgan fingerprint density at radius 3 is 2.88 bits per heavy atom. The van der Waals surface area contributed by atoms with Gasteiger partial charge in [-0.3, -0.25) is 0 Å². The Labute approximate surface area is 183 Å². The predicted octanol–water partition coefficient (Wildman–Crippen LogP) is 3.70. The third-order valence-corrected chi connectivity index (χ3v) is 5.34. The lowest BCUT2D eigenvalue weighted by molar-refractivity contribution is 0.0625. The zero-order valence-corrected chi connectivity index (χ0v) is 17.5. The summed E-state index contributed by atoms with van der Waals surface area (Å²) in [5.41, 5.74) is 1.15. The molecule has 0 saturated heterocycles. The largest absolute Gasteiger partial charge is 0.506 e. The normalized spacial score (nSPS) is 19.0. The zero-order valence-electron chi connectivity index (χ0n) is 17.5. The highest BCUT2D eigenvalue weighted by molar-refractivity contribution is 5.84. The first-order valence-electron chi connectivity index (χ1n) is 10.0. The molecule has 1 atom stereocenters. The van der Waals surface area contributed by atoms with Crippen LogP contribution in [0, 0.1) is 5.95 Å². The van der Waals surface area contributed by atoms with E-state index in [2.05, 4.69) is 20.0 Å². The van der Waals surface area contributed by atoms with Crippen molar-refractivity contribution < 1.29 is 19.0 Å². The van der Waals surface area contributed by atoms with Gasteiger partial charge in [-0.25, -0.2) is 15.0 Å². The molecule has 0 amide bonds. The van der Waals surface area contributed by atoms with Gasteiger partial charge in [-0.1, -0.05) is 6.07 Å². The van der Waals surface area contributed by atoms with Gasteiger partial charge >= 0.3 is 6.02 Å². The van der Waals surface area contributed by atoms with Crippen molar-refractivity contribution in [2.24, 2.45) is 9.98 Å². The van der Waals surface area contributed by atoms with Crippen LogP contribution < -0.4 is 4.74 Å². The summed E-state index contributed by atoms with van der Waals surface area (Å²) in [5.74, 6) is 0.268. The maximum Gasteiger partial charge on any atom is 0.314 e. The average Bonchev–Trinajstić information content (AvgIpc) is 2.79. The van der Waals surface area contributed by atoms with Crippen molar-refractivity contribution >= 4 is 12.4 Å². The maximum absolute atomic E-state index is 14.4. The minimum absolute atomic E-state index is 0.0194. The van der Waals surface area contributed by atoms with Gasteiger partial charge in [0.15, 0.2) is 5.60 Å². The monoisotopic (exact) mass is 433 g/mol. The number of aromatic hydroxyl groups is 1.